The molecule has 6 heteroatoms. The van der Waals surface area contributed by atoms with E-state index in [9.17, 15) is 13.2 Å². The fourth-order valence-electron chi connectivity index (χ4n) is 2.85. The Bertz CT molecular complexity index is 864. The molecule has 1 N–H and O–H groups in total. The van der Waals surface area contributed by atoms with Gasteiger partial charge in [0.05, 0.1) is 11.5 Å². The molecule has 118 valence electrons. The van der Waals surface area contributed by atoms with Crippen LogP contribution in [0.25, 0.3) is 11.0 Å². The first-order chi connectivity index (χ1) is 10.3. The van der Waals surface area contributed by atoms with Gasteiger partial charge in [-0.1, -0.05) is 0 Å². The molecule has 2 aromatic rings. The first kappa shape index (κ1) is 15.1. The van der Waals surface area contributed by atoms with Crippen molar-refractivity contribution in [2.45, 2.75) is 33.2 Å². The number of carbonyl (C=O) groups is 1. The van der Waals surface area contributed by atoms with Gasteiger partial charge in [0, 0.05) is 17.0 Å². The fourth-order valence-corrected chi connectivity index (χ4v) is 4.53. The summed E-state index contributed by atoms with van der Waals surface area (Å²) >= 11 is 0. The second kappa shape index (κ2) is 5.12. The molecule has 3 rings (SSSR count). The van der Waals surface area contributed by atoms with Crippen molar-refractivity contribution in [3.8, 4) is 0 Å². The number of carbonyl (C=O) groups excluding carboxylic acids is 1. The Kier molecular flexibility index (Phi) is 3.51. The molecule has 1 fully saturated rings. The zero-order chi connectivity index (χ0) is 16.1. The molecule has 0 unspecified atom stereocenters. The van der Waals surface area contributed by atoms with Gasteiger partial charge in [-0.05, 0) is 50.5 Å². The Balaban J connectivity index is 1.90. The highest BCUT2D eigenvalue weighted by Gasteiger charge is 2.30. The van der Waals surface area contributed by atoms with E-state index >= 15 is 0 Å². The van der Waals surface area contributed by atoms with E-state index in [1.807, 2.05) is 32.9 Å². The molecule has 0 spiro atoms. The number of hydrogen-bond acceptors (Lipinski definition) is 4. The van der Waals surface area contributed by atoms with Crippen molar-refractivity contribution in [3.63, 3.8) is 0 Å². The molecule has 0 aliphatic carbocycles. The van der Waals surface area contributed by atoms with E-state index < -0.39 is 9.84 Å². The van der Waals surface area contributed by atoms with Crippen molar-refractivity contribution < 1.29 is 17.6 Å². The fraction of sp³-hybridized carbons (Fsp3) is 0.438. The van der Waals surface area contributed by atoms with Crippen LogP contribution in [0.4, 0.5) is 0 Å². The first-order valence-corrected chi connectivity index (χ1v) is 9.10. The second-order valence-electron chi connectivity index (χ2n) is 6.06. The van der Waals surface area contributed by atoms with Crippen molar-refractivity contribution in [2.24, 2.45) is 0 Å². The molecule has 1 aromatic heterocycles. The van der Waals surface area contributed by atoms with Crippen molar-refractivity contribution in [3.05, 3.63) is 34.6 Å². The Hall–Kier alpha value is -1.82. The van der Waals surface area contributed by atoms with Gasteiger partial charge in [0.2, 0.25) is 0 Å². The number of hydrogen-bond donors (Lipinski definition) is 1. The SMILES string of the molecule is Cc1cc2oc(C(=O)N[C@H]3CCS(=O)(=O)C3)c(C)c2cc1C. The Morgan fingerprint density at radius 1 is 1.23 bits per heavy atom. The van der Waals surface area contributed by atoms with Gasteiger partial charge in [-0.25, -0.2) is 8.42 Å². The van der Waals surface area contributed by atoms with Crippen LogP contribution in [0, 0.1) is 20.8 Å². The molecule has 0 saturated carbocycles. The minimum Gasteiger partial charge on any atom is -0.451 e. The predicted octanol–water partition coefficient (Wildman–Crippen LogP) is 2.27. The van der Waals surface area contributed by atoms with Gasteiger partial charge < -0.3 is 9.73 Å². The number of benzene rings is 1. The van der Waals surface area contributed by atoms with E-state index in [4.69, 9.17) is 4.42 Å². The summed E-state index contributed by atoms with van der Waals surface area (Å²) in [6.45, 7) is 5.86. The van der Waals surface area contributed by atoms with Crippen LogP contribution in [-0.4, -0.2) is 31.9 Å². The van der Waals surface area contributed by atoms with Crippen LogP contribution in [0.1, 0.15) is 33.7 Å². The number of rotatable bonds is 2. The summed E-state index contributed by atoms with van der Waals surface area (Å²) in [4.78, 5) is 12.4. The zero-order valence-corrected chi connectivity index (χ0v) is 13.7. The second-order valence-corrected chi connectivity index (χ2v) is 8.29. The molecular formula is C16H19NO4S. The summed E-state index contributed by atoms with van der Waals surface area (Å²) in [6.07, 6.45) is 0.464. The number of amides is 1. The topological polar surface area (TPSA) is 76.4 Å². The molecule has 0 radical (unpaired) electrons. The number of sulfone groups is 1. The standard InChI is InChI=1S/C16H19NO4S/c1-9-6-13-11(3)15(21-14(13)7-10(9)2)16(18)17-12-4-5-22(19,20)8-12/h6-7,12H,4-5,8H2,1-3H3,(H,17,18)/t12-/m0/s1. The van der Waals surface area contributed by atoms with E-state index in [0.717, 1.165) is 22.1 Å². The molecule has 1 aliphatic rings. The maximum absolute atomic E-state index is 12.4. The molecular weight excluding hydrogens is 302 g/mol. The largest absolute Gasteiger partial charge is 0.451 e. The van der Waals surface area contributed by atoms with Gasteiger partial charge in [0.1, 0.15) is 5.58 Å². The lowest BCUT2D eigenvalue weighted by Gasteiger charge is -2.09. The monoisotopic (exact) mass is 321 g/mol. The lowest BCUT2D eigenvalue weighted by molar-refractivity contribution is 0.0914. The van der Waals surface area contributed by atoms with Crippen LogP contribution in [-0.2, 0) is 9.84 Å². The lowest BCUT2D eigenvalue weighted by atomic mass is 10.0. The van der Waals surface area contributed by atoms with Crippen LogP contribution in [0.2, 0.25) is 0 Å². The Morgan fingerprint density at radius 2 is 1.91 bits per heavy atom. The molecule has 0 bridgehead atoms. The molecule has 1 aliphatic heterocycles. The van der Waals surface area contributed by atoms with Gasteiger partial charge in [-0.2, -0.15) is 0 Å². The van der Waals surface area contributed by atoms with E-state index in [1.54, 1.807) is 0 Å². The van der Waals surface area contributed by atoms with Crippen LogP contribution >= 0.6 is 0 Å². The number of nitrogens with one attached hydrogen (secondary N) is 1. The first-order valence-electron chi connectivity index (χ1n) is 7.28. The Labute approximate surface area is 129 Å². The van der Waals surface area contributed by atoms with E-state index in [0.29, 0.717) is 12.0 Å². The summed E-state index contributed by atoms with van der Waals surface area (Å²) < 4.78 is 28.6. The minimum atomic E-state index is -3.01. The van der Waals surface area contributed by atoms with Gasteiger partial charge >= 0.3 is 0 Å². The summed E-state index contributed by atoms with van der Waals surface area (Å²) in [7, 11) is -3.01. The maximum Gasteiger partial charge on any atom is 0.287 e. The van der Waals surface area contributed by atoms with E-state index in [-0.39, 0.29) is 29.2 Å². The normalized spacial score (nSPS) is 20.4. The highest BCUT2D eigenvalue weighted by atomic mass is 32.2. The highest BCUT2D eigenvalue weighted by Crippen LogP contribution is 2.28. The van der Waals surface area contributed by atoms with E-state index in [1.165, 1.54) is 0 Å². The summed E-state index contributed by atoms with van der Waals surface area (Å²) in [5, 5.41) is 3.69. The maximum atomic E-state index is 12.4. The van der Waals surface area contributed by atoms with Crippen LogP contribution in [0.3, 0.4) is 0 Å². The average Bonchev–Trinajstić information content (AvgIpc) is 2.92. The molecule has 1 saturated heterocycles. The van der Waals surface area contributed by atoms with E-state index in [2.05, 4.69) is 5.32 Å². The third-order valence-corrected chi connectivity index (χ3v) is 6.09. The zero-order valence-electron chi connectivity index (χ0n) is 12.9. The molecule has 1 aromatic carbocycles. The quantitative estimate of drug-likeness (QED) is 0.920. The highest BCUT2D eigenvalue weighted by molar-refractivity contribution is 7.91. The molecule has 22 heavy (non-hydrogen) atoms. The van der Waals surface area contributed by atoms with Gasteiger partial charge in [-0.3, -0.25) is 4.79 Å². The summed E-state index contributed by atoms with van der Waals surface area (Å²) in [6, 6.07) is 3.61. The van der Waals surface area contributed by atoms with Gasteiger partial charge in [0.25, 0.3) is 5.91 Å². The minimum absolute atomic E-state index is 0.0102. The number of aryl methyl sites for hydroxylation is 3. The molecule has 1 atom stereocenters. The summed E-state index contributed by atoms with van der Waals surface area (Å²) in [5.74, 6) is 0.0708. The molecule has 1 amide bonds. The molecule has 2 heterocycles. The third kappa shape index (κ3) is 2.63. The smallest absolute Gasteiger partial charge is 0.287 e. The lowest BCUT2D eigenvalue weighted by Crippen LogP contribution is -2.35. The third-order valence-electron chi connectivity index (χ3n) is 4.33. The van der Waals surface area contributed by atoms with Crippen LogP contribution in [0.15, 0.2) is 16.5 Å². The molecule has 5 nitrogen and oxygen atoms in total. The number of fused-ring (bicyclic) bond motifs is 1. The van der Waals surface area contributed by atoms with Crippen LogP contribution in [0.5, 0.6) is 0 Å². The van der Waals surface area contributed by atoms with Crippen molar-refractivity contribution in [1.29, 1.82) is 0 Å². The Morgan fingerprint density at radius 3 is 2.55 bits per heavy atom. The predicted molar refractivity (Wildman–Crippen MR) is 85.0 cm³/mol. The van der Waals surface area contributed by atoms with Gasteiger partial charge in [0.15, 0.2) is 15.6 Å². The van der Waals surface area contributed by atoms with Crippen molar-refractivity contribution >= 4 is 26.7 Å². The van der Waals surface area contributed by atoms with Crippen molar-refractivity contribution in [1.82, 2.24) is 5.32 Å². The number of furan rings is 1. The average molecular weight is 321 g/mol. The van der Waals surface area contributed by atoms with Crippen LogP contribution < -0.4 is 5.32 Å². The van der Waals surface area contributed by atoms with Gasteiger partial charge in [-0.15, -0.1) is 0 Å². The summed E-state index contributed by atoms with van der Waals surface area (Å²) in [5.41, 5.74) is 3.72. The van der Waals surface area contributed by atoms with Crippen molar-refractivity contribution in [2.75, 3.05) is 11.5 Å².